The molecule has 0 saturated heterocycles. The lowest BCUT2D eigenvalue weighted by molar-refractivity contribution is 0.768. The highest BCUT2D eigenvalue weighted by Gasteiger charge is 2.52. The van der Waals surface area contributed by atoms with E-state index in [9.17, 15) is 0 Å². The van der Waals surface area contributed by atoms with Crippen molar-refractivity contribution in [3.8, 4) is 123 Å². The van der Waals surface area contributed by atoms with Gasteiger partial charge in [0.25, 0.3) is 0 Å². The minimum absolute atomic E-state index is 0.373. The molecule has 0 amide bonds. The van der Waals surface area contributed by atoms with Gasteiger partial charge in [-0.25, -0.2) is 19.9 Å². The van der Waals surface area contributed by atoms with Crippen LogP contribution in [0.25, 0.3) is 145 Å². The third-order valence-corrected chi connectivity index (χ3v) is 22.1. The van der Waals surface area contributed by atoms with Crippen LogP contribution in [-0.2, 0) is 10.8 Å². The van der Waals surface area contributed by atoms with Crippen LogP contribution in [-0.4, -0.2) is 19.9 Å². The minimum atomic E-state index is -0.447. The van der Waals surface area contributed by atoms with Gasteiger partial charge in [-0.2, -0.15) is 0 Å². The summed E-state index contributed by atoms with van der Waals surface area (Å²) in [5, 5.41) is 0. The molecular weight excluding hydrogens is 1280 g/mol. The summed E-state index contributed by atoms with van der Waals surface area (Å²) in [5.41, 5.74) is 37.3. The summed E-state index contributed by atoms with van der Waals surface area (Å²) in [6.07, 6.45) is 0. The SMILES string of the molecule is c1ccc(-c2nc3c(-c4ccccc4)ccc(-c4ccc5c(c4)-c4ccccc4C5(c4ccccc4)c4ccccc4)c3nc2-c2ccccc2)cc1.c1ccc(-c2nc3c(-c4ccccc4)ccc(-c4ccc5c(c4)-c4ccccc4C54c5ccccc5-c5ccccc54)c3nc2-c2ccccc2)cc1. The van der Waals surface area contributed by atoms with Gasteiger partial charge in [0.05, 0.1) is 55.7 Å². The summed E-state index contributed by atoms with van der Waals surface area (Å²) in [6.45, 7) is 0. The molecular formula is C102H66N4. The number of aromatic nitrogens is 4. The van der Waals surface area contributed by atoms with Crippen molar-refractivity contribution in [2.75, 3.05) is 0 Å². The highest BCUT2D eigenvalue weighted by atomic mass is 14.9. The van der Waals surface area contributed by atoms with Crippen LogP contribution in [0.1, 0.15) is 44.5 Å². The van der Waals surface area contributed by atoms with Crippen LogP contribution in [0, 0.1) is 0 Å². The Kier molecular flexibility index (Phi) is 15.0. The molecule has 0 fully saturated rings. The van der Waals surface area contributed by atoms with Gasteiger partial charge in [-0.3, -0.25) is 0 Å². The molecule has 3 aliphatic rings. The highest BCUT2D eigenvalue weighted by Crippen LogP contribution is 2.64. The van der Waals surface area contributed by atoms with Crippen LogP contribution in [0.5, 0.6) is 0 Å². The lowest BCUT2D eigenvalue weighted by Gasteiger charge is -2.33. The van der Waals surface area contributed by atoms with Gasteiger partial charge in [0.1, 0.15) is 0 Å². The summed E-state index contributed by atoms with van der Waals surface area (Å²) < 4.78 is 0. The number of benzene rings is 16. The Morgan fingerprint density at radius 1 is 0.142 bits per heavy atom. The number of fused-ring (bicyclic) bond motifs is 15. The Bertz CT molecular complexity index is 6020. The molecule has 4 heteroatoms. The third-order valence-electron chi connectivity index (χ3n) is 22.1. The van der Waals surface area contributed by atoms with E-state index >= 15 is 0 Å². The second-order valence-corrected chi connectivity index (χ2v) is 27.7. The average molecular weight is 1350 g/mol. The lowest BCUT2D eigenvalue weighted by atomic mass is 9.67. The monoisotopic (exact) mass is 1350 g/mol. The van der Waals surface area contributed by atoms with E-state index in [1.165, 1.54) is 77.9 Å². The Labute approximate surface area is 616 Å². The quantitative estimate of drug-likeness (QED) is 0.137. The summed E-state index contributed by atoms with van der Waals surface area (Å²) in [6, 6.07) is 144. The first-order chi connectivity index (χ1) is 52.6. The first kappa shape index (κ1) is 62.0. The Hall–Kier alpha value is -13.8. The van der Waals surface area contributed by atoms with E-state index in [1.54, 1.807) is 0 Å². The molecule has 0 atom stereocenters. The first-order valence-corrected chi connectivity index (χ1v) is 36.4. The van der Waals surface area contributed by atoms with Crippen molar-refractivity contribution < 1.29 is 0 Å². The van der Waals surface area contributed by atoms with Gasteiger partial charge in [-0.1, -0.05) is 388 Å². The van der Waals surface area contributed by atoms with Gasteiger partial charge in [0.2, 0.25) is 0 Å². The second-order valence-electron chi connectivity index (χ2n) is 27.7. The number of rotatable bonds is 10. The maximum absolute atomic E-state index is 5.59. The number of nitrogens with zero attached hydrogens (tertiary/aromatic N) is 4. The molecule has 0 unspecified atom stereocenters. The molecule has 0 saturated carbocycles. The van der Waals surface area contributed by atoms with Gasteiger partial charge >= 0.3 is 0 Å². The van der Waals surface area contributed by atoms with Crippen LogP contribution in [0.2, 0.25) is 0 Å². The Balaban J connectivity index is 0.000000140. The van der Waals surface area contributed by atoms with Crippen LogP contribution >= 0.6 is 0 Å². The summed E-state index contributed by atoms with van der Waals surface area (Å²) >= 11 is 0. The topological polar surface area (TPSA) is 51.6 Å². The predicted octanol–water partition coefficient (Wildman–Crippen LogP) is 25.3. The van der Waals surface area contributed by atoms with Crippen LogP contribution < -0.4 is 0 Å². The van der Waals surface area contributed by atoms with Gasteiger partial charge in [0.15, 0.2) is 0 Å². The molecule has 3 aliphatic carbocycles. The normalized spacial score (nSPS) is 12.9. The minimum Gasteiger partial charge on any atom is -0.243 e. The zero-order valence-electron chi connectivity index (χ0n) is 57.9. The lowest BCUT2D eigenvalue weighted by Crippen LogP contribution is -2.28. The molecule has 1 spiro atoms. The van der Waals surface area contributed by atoms with Crippen molar-refractivity contribution in [1.82, 2.24) is 19.9 Å². The number of hydrogen-bond acceptors (Lipinski definition) is 4. The van der Waals surface area contributed by atoms with E-state index in [0.717, 1.165) is 112 Å². The molecule has 494 valence electrons. The third kappa shape index (κ3) is 9.83. The zero-order valence-corrected chi connectivity index (χ0v) is 57.9. The molecule has 0 bridgehead atoms. The van der Waals surface area contributed by atoms with Gasteiger partial charge in [0, 0.05) is 44.5 Å². The molecule has 21 rings (SSSR count). The van der Waals surface area contributed by atoms with Crippen molar-refractivity contribution in [2.24, 2.45) is 0 Å². The molecule has 0 N–H and O–H groups in total. The van der Waals surface area contributed by atoms with E-state index in [1.807, 2.05) is 18.2 Å². The molecule has 16 aromatic carbocycles. The molecule has 2 aromatic heterocycles. The van der Waals surface area contributed by atoms with Crippen molar-refractivity contribution >= 4 is 22.1 Å². The smallest absolute Gasteiger partial charge is 0.0979 e. The second kappa shape index (κ2) is 25.6. The molecule has 2 heterocycles. The van der Waals surface area contributed by atoms with Crippen molar-refractivity contribution in [1.29, 1.82) is 0 Å². The largest absolute Gasteiger partial charge is 0.243 e. The van der Waals surface area contributed by atoms with E-state index in [2.05, 4.69) is 382 Å². The molecule has 0 aliphatic heterocycles. The van der Waals surface area contributed by atoms with Crippen molar-refractivity contribution in [2.45, 2.75) is 10.8 Å². The fourth-order valence-electron chi connectivity index (χ4n) is 17.5. The predicted molar refractivity (Wildman–Crippen MR) is 436 cm³/mol. The van der Waals surface area contributed by atoms with Crippen LogP contribution in [0.4, 0.5) is 0 Å². The standard InChI is InChI=1S/C51H32N2.C51H34N2/c1-4-16-33(17-5-1)37-29-30-38(50-49(37)52-47(34-18-6-2-7-19-34)48(53-50)35-20-8-3-9-21-35)36-28-31-46-42(32-36)41-24-12-15-27-45(41)51(46)43-25-13-10-22-39(43)40-23-11-14-26-44(40)51;1-6-18-35(19-7-1)41-31-32-42(50-49(41)52-47(36-20-8-2-9-21-36)48(53-50)37-22-10-3-11-23-37)38-30-33-46-44(34-38)43-28-16-17-29-45(43)51(46,39-24-12-4-13-25-39)40-26-14-5-15-27-40/h1-32H;1-34H. The Morgan fingerprint density at radius 3 is 0.660 bits per heavy atom. The van der Waals surface area contributed by atoms with Crippen molar-refractivity contribution in [3.63, 3.8) is 0 Å². The maximum Gasteiger partial charge on any atom is 0.0979 e. The Morgan fingerprint density at radius 2 is 0.358 bits per heavy atom. The summed E-state index contributed by atoms with van der Waals surface area (Å²) in [7, 11) is 0. The van der Waals surface area contributed by atoms with Gasteiger partial charge in [-0.15, -0.1) is 0 Å². The number of hydrogen-bond donors (Lipinski definition) is 0. The van der Waals surface area contributed by atoms with Crippen LogP contribution in [0.15, 0.2) is 400 Å². The maximum atomic E-state index is 5.59. The molecule has 0 radical (unpaired) electrons. The van der Waals surface area contributed by atoms with Gasteiger partial charge in [-0.05, 0) is 112 Å². The summed E-state index contributed by atoms with van der Waals surface area (Å²) in [5.74, 6) is 0. The molecule has 106 heavy (non-hydrogen) atoms. The first-order valence-electron chi connectivity index (χ1n) is 36.4. The average Bonchev–Trinajstić information content (AvgIpc) is 1.51. The molecule has 18 aromatic rings. The highest BCUT2D eigenvalue weighted by molar-refractivity contribution is 6.06. The van der Waals surface area contributed by atoms with E-state index in [0.29, 0.717) is 0 Å². The van der Waals surface area contributed by atoms with E-state index < -0.39 is 5.41 Å². The molecule has 4 nitrogen and oxygen atoms in total. The van der Waals surface area contributed by atoms with Crippen LogP contribution in [0.3, 0.4) is 0 Å². The van der Waals surface area contributed by atoms with E-state index in [-0.39, 0.29) is 5.41 Å². The van der Waals surface area contributed by atoms with E-state index in [4.69, 9.17) is 19.9 Å². The fourth-order valence-corrected chi connectivity index (χ4v) is 17.5. The summed E-state index contributed by atoms with van der Waals surface area (Å²) in [4.78, 5) is 22.2. The van der Waals surface area contributed by atoms with Crippen molar-refractivity contribution in [3.05, 3.63) is 445 Å². The van der Waals surface area contributed by atoms with Gasteiger partial charge < -0.3 is 0 Å². The fraction of sp³-hybridized carbons (Fsp3) is 0.0196. The zero-order chi connectivity index (χ0) is 70.1.